The summed E-state index contributed by atoms with van der Waals surface area (Å²) < 4.78 is 7.08. The van der Waals surface area contributed by atoms with Gasteiger partial charge in [-0.25, -0.2) is 0 Å². The number of amides is 2. The quantitative estimate of drug-likeness (QED) is 0.257. The van der Waals surface area contributed by atoms with Crippen molar-refractivity contribution in [2.24, 2.45) is 17.8 Å². The molecular formula is C29H30INO3S. The van der Waals surface area contributed by atoms with Gasteiger partial charge in [-0.15, -0.1) is 0 Å². The van der Waals surface area contributed by atoms with E-state index in [1.54, 1.807) is 0 Å². The molecule has 5 aliphatic rings. The molecule has 4 nitrogen and oxygen atoms in total. The molecule has 0 radical (unpaired) electrons. The molecule has 2 aromatic rings. The molecule has 0 N–H and O–H groups in total. The number of imide groups is 1. The summed E-state index contributed by atoms with van der Waals surface area (Å²) in [5.74, 6) is 3.17. The number of rotatable bonds is 6. The number of thioether (sulfide) groups is 1. The third-order valence-electron chi connectivity index (χ3n) is 8.37. The first-order valence-electron chi connectivity index (χ1n) is 12.7. The van der Waals surface area contributed by atoms with Crippen LogP contribution < -0.4 is 4.74 Å². The van der Waals surface area contributed by atoms with Crippen molar-refractivity contribution < 1.29 is 14.3 Å². The molecule has 0 unspecified atom stereocenters. The summed E-state index contributed by atoms with van der Waals surface area (Å²) in [4.78, 5) is 27.8. The Labute approximate surface area is 225 Å². The van der Waals surface area contributed by atoms with E-state index in [1.807, 2.05) is 37.3 Å². The van der Waals surface area contributed by atoms with Crippen molar-refractivity contribution in [2.45, 2.75) is 57.4 Å². The average Bonchev–Trinajstić information content (AvgIpc) is 3.08. The van der Waals surface area contributed by atoms with Gasteiger partial charge in [-0.1, -0.05) is 18.2 Å². The van der Waals surface area contributed by atoms with Gasteiger partial charge in [-0.05, 0) is 144 Å². The normalized spacial score (nSPS) is 30.5. The molecule has 182 valence electrons. The monoisotopic (exact) mass is 599 g/mol. The second-order valence-electron chi connectivity index (χ2n) is 10.8. The Balaban J connectivity index is 1.31. The molecule has 0 spiro atoms. The van der Waals surface area contributed by atoms with Crippen LogP contribution in [0.5, 0.6) is 5.75 Å². The molecule has 35 heavy (non-hydrogen) atoms. The first-order valence-corrected chi connectivity index (χ1v) is 14.6. The first kappa shape index (κ1) is 23.6. The van der Waals surface area contributed by atoms with Gasteiger partial charge in [-0.3, -0.25) is 14.5 Å². The zero-order chi connectivity index (χ0) is 24.2. The molecule has 7 rings (SSSR count). The molecule has 4 saturated carbocycles. The largest absolute Gasteiger partial charge is 0.493 e. The van der Waals surface area contributed by atoms with Crippen LogP contribution in [0.25, 0.3) is 6.08 Å². The number of ether oxygens (including phenoxy) is 1. The first-order chi connectivity index (χ1) is 16.9. The molecule has 4 aliphatic carbocycles. The Kier molecular flexibility index (Phi) is 6.24. The third kappa shape index (κ3) is 4.45. The number of carbonyl (C=O) groups is 2. The van der Waals surface area contributed by atoms with E-state index < -0.39 is 0 Å². The minimum atomic E-state index is -0.221. The van der Waals surface area contributed by atoms with Gasteiger partial charge in [0.2, 0.25) is 0 Å². The highest BCUT2D eigenvalue weighted by Crippen LogP contribution is 2.61. The van der Waals surface area contributed by atoms with E-state index in [0.717, 1.165) is 50.0 Å². The van der Waals surface area contributed by atoms with Crippen LogP contribution in [0.1, 0.15) is 62.1 Å². The Morgan fingerprint density at radius 3 is 2.31 bits per heavy atom. The van der Waals surface area contributed by atoms with Crippen LogP contribution in [0.2, 0.25) is 0 Å². The van der Waals surface area contributed by atoms with Crippen LogP contribution in [0, 0.1) is 21.3 Å². The molecule has 4 bridgehead atoms. The topological polar surface area (TPSA) is 46.6 Å². The second-order valence-corrected chi connectivity index (χ2v) is 13.0. The molecule has 2 aromatic carbocycles. The zero-order valence-electron chi connectivity index (χ0n) is 20.0. The molecule has 1 heterocycles. The van der Waals surface area contributed by atoms with Crippen LogP contribution in [0.4, 0.5) is 4.79 Å². The lowest BCUT2D eigenvalue weighted by atomic mass is 9.48. The van der Waals surface area contributed by atoms with Crippen LogP contribution in [-0.4, -0.2) is 22.7 Å². The second kappa shape index (κ2) is 9.25. The van der Waals surface area contributed by atoms with E-state index in [-0.39, 0.29) is 16.6 Å². The van der Waals surface area contributed by atoms with Gasteiger partial charge in [0.05, 0.1) is 18.1 Å². The summed E-state index contributed by atoms with van der Waals surface area (Å²) in [5.41, 5.74) is 3.53. The van der Waals surface area contributed by atoms with Crippen LogP contribution in [-0.2, 0) is 16.8 Å². The lowest BCUT2D eigenvalue weighted by Gasteiger charge is -2.57. The zero-order valence-corrected chi connectivity index (χ0v) is 22.9. The van der Waals surface area contributed by atoms with Crippen molar-refractivity contribution in [1.29, 1.82) is 0 Å². The van der Waals surface area contributed by atoms with Gasteiger partial charge < -0.3 is 4.74 Å². The number of benzene rings is 2. The van der Waals surface area contributed by atoms with E-state index in [1.165, 1.54) is 49.0 Å². The molecule has 0 atom stereocenters. The summed E-state index contributed by atoms with van der Waals surface area (Å²) >= 11 is 3.29. The lowest BCUT2D eigenvalue weighted by Crippen LogP contribution is -2.48. The maximum absolute atomic E-state index is 13.2. The van der Waals surface area contributed by atoms with Crippen LogP contribution >= 0.6 is 34.4 Å². The highest BCUT2D eigenvalue weighted by Gasteiger charge is 2.51. The minimum absolute atomic E-state index is 0.213. The molecule has 6 heteroatoms. The molecular weight excluding hydrogens is 569 g/mol. The Bertz CT molecular complexity index is 1170. The van der Waals surface area contributed by atoms with Gasteiger partial charge in [0.1, 0.15) is 5.75 Å². The van der Waals surface area contributed by atoms with E-state index in [2.05, 4.69) is 40.8 Å². The van der Waals surface area contributed by atoms with Crippen molar-refractivity contribution in [3.05, 3.63) is 67.6 Å². The van der Waals surface area contributed by atoms with Crippen LogP contribution in [0.3, 0.4) is 0 Å². The molecule has 0 aromatic heterocycles. The summed E-state index contributed by atoms with van der Waals surface area (Å²) in [6.07, 6.45) is 10.00. The van der Waals surface area contributed by atoms with E-state index in [0.29, 0.717) is 18.1 Å². The van der Waals surface area contributed by atoms with Crippen LogP contribution in [0.15, 0.2) is 47.4 Å². The number of carbonyl (C=O) groups excluding carboxylic acids is 2. The van der Waals surface area contributed by atoms with E-state index >= 15 is 0 Å². The lowest BCUT2D eigenvalue weighted by molar-refractivity contribution is -0.123. The fraction of sp³-hybridized carbons (Fsp3) is 0.448. The van der Waals surface area contributed by atoms with Gasteiger partial charge in [0, 0.05) is 9.13 Å². The summed E-state index contributed by atoms with van der Waals surface area (Å²) in [5, 5.41) is -0.213. The predicted octanol–water partition coefficient (Wildman–Crippen LogP) is 7.39. The van der Waals surface area contributed by atoms with E-state index in [4.69, 9.17) is 4.74 Å². The van der Waals surface area contributed by atoms with Crippen molar-refractivity contribution in [1.82, 2.24) is 4.90 Å². The summed E-state index contributed by atoms with van der Waals surface area (Å²) in [6.45, 7) is 2.84. The molecule has 5 fully saturated rings. The maximum Gasteiger partial charge on any atom is 0.293 e. The predicted molar refractivity (Wildman–Crippen MR) is 148 cm³/mol. The summed E-state index contributed by atoms with van der Waals surface area (Å²) in [7, 11) is 0. The third-order valence-corrected chi connectivity index (χ3v) is 10.0. The summed E-state index contributed by atoms with van der Waals surface area (Å²) in [6, 6.07) is 14.5. The molecule has 1 saturated heterocycles. The number of nitrogens with zero attached hydrogens (tertiary/aromatic N) is 1. The van der Waals surface area contributed by atoms with Gasteiger partial charge in [0.15, 0.2) is 0 Å². The smallest absolute Gasteiger partial charge is 0.293 e. The van der Waals surface area contributed by atoms with Crippen molar-refractivity contribution in [3.8, 4) is 5.75 Å². The van der Waals surface area contributed by atoms with Gasteiger partial charge in [0.25, 0.3) is 11.1 Å². The van der Waals surface area contributed by atoms with Gasteiger partial charge in [-0.2, -0.15) is 0 Å². The average molecular weight is 600 g/mol. The fourth-order valence-corrected chi connectivity index (χ4v) is 8.48. The maximum atomic E-state index is 13.2. The Hall–Kier alpha value is -1.80. The number of hydrogen-bond donors (Lipinski definition) is 0. The standard InChI is InChI=1S/C29H30INO3S/c1-2-34-25-8-5-23(29-14-19-9-20(15-29)11-21(10-19)16-29)12-22(25)13-26-27(32)31(28(33)35-26)17-18-3-6-24(30)7-4-18/h3-8,12-13,19-21H,2,9-11,14-17H2,1H3/b26-13+. The SMILES string of the molecule is CCOc1ccc(C23CC4CC(CC(C4)C2)C3)cc1/C=C1/SC(=O)N(Cc2ccc(I)cc2)C1=O. The van der Waals surface area contributed by atoms with Crippen molar-refractivity contribution in [2.75, 3.05) is 6.61 Å². The van der Waals surface area contributed by atoms with Crippen molar-refractivity contribution in [3.63, 3.8) is 0 Å². The minimum Gasteiger partial charge on any atom is -0.493 e. The van der Waals surface area contributed by atoms with E-state index in [9.17, 15) is 9.59 Å². The van der Waals surface area contributed by atoms with Gasteiger partial charge >= 0.3 is 0 Å². The van der Waals surface area contributed by atoms with Crippen molar-refractivity contribution >= 4 is 51.6 Å². The highest BCUT2D eigenvalue weighted by molar-refractivity contribution is 14.1. The fourth-order valence-electron chi connectivity index (χ4n) is 7.29. The number of halogens is 1. The Morgan fingerprint density at radius 2 is 1.69 bits per heavy atom. The molecule has 1 aliphatic heterocycles. The number of hydrogen-bond acceptors (Lipinski definition) is 4. The Morgan fingerprint density at radius 1 is 1.03 bits per heavy atom. The molecule has 2 amide bonds. The highest BCUT2D eigenvalue weighted by atomic mass is 127.